The first-order chi connectivity index (χ1) is 11.0. The van der Waals surface area contributed by atoms with Gasteiger partial charge in [0.05, 0.1) is 0 Å². The zero-order valence-corrected chi connectivity index (χ0v) is 21.6. The van der Waals surface area contributed by atoms with Crippen LogP contribution in [-0.2, 0) is 35.1 Å². The Bertz CT molecular complexity index is 329. The van der Waals surface area contributed by atoms with Crippen molar-refractivity contribution in [3.63, 3.8) is 0 Å². The van der Waals surface area contributed by atoms with Gasteiger partial charge in [-0.3, -0.25) is 0 Å². The number of nitrogens with zero attached hydrogens (tertiary/aromatic N) is 3. The molecule has 0 bridgehead atoms. The molecular weight excluding hydrogens is 395 g/mol. The molecule has 0 fully saturated rings. The standard InChI is InChI=1S/3C6H14NO.Y/c3*1-6(2,8)5-7(3)4;/h3*5H2,1-4H3;/q3*-1;+3. The fraction of sp³-hybridized carbons (Fsp3) is 1.00. The van der Waals surface area contributed by atoms with Gasteiger partial charge < -0.3 is 0 Å². The summed E-state index contributed by atoms with van der Waals surface area (Å²) < 4.78 is 19.4. The molecule has 0 rings (SSSR count). The molecule has 0 N–H and O–H groups in total. The Hall–Kier alpha value is 0.864. The van der Waals surface area contributed by atoms with Crippen LogP contribution >= 0.6 is 0 Å². The molecule has 0 aliphatic carbocycles. The molecule has 0 spiro atoms. The molecular formula is C18H42N3O3Y. The minimum atomic E-state index is -3.20. The average molecular weight is 437 g/mol. The first kappa shape index (κ1) is 25.9. The Balaban J connectivity index is 5.23. The zero-order chi connectivity index (χ0) is 20.1. The molecule has 0 aliphatic rings. The molecule has 0 unspecified atom stereocenters. The zero-order valence-electron chi connectivity index (χ0n) is 18.8. The number of hydrogen-bond acceptors (Lipinski definition) is 6. The van der Waals surface area contributed by atoms with Gasteiger partial charge in [0.1, 0.15) is 0 Å². The van der Waals surface area contributed by atoms with Crippen LogP contribution in [0.4, 0.5) is 0 Å². The normalized spacial score (nSPS) is 14.0. The summed E-state index contributed by atoms with van der Waals surface area (Å²) in [5, 5.41) is 0. The van der Waals surface area contributed by atoms with Gasteiger partial charge in [-0.2, -0.15) is 0 Å². The third-order valence-corrected chi connectivity index (χ3v) is 9.46. The summed E-state index contributed by atoms with van der Waals surface area (Å²) in [4.78, 5) is 6.41. The van der Waals surface area contributed by atoms with Crippen LogP contribution in [-0.4, -0.2) is 93.4 Å². The molecule has 0 aliphatic heterocycles. The van der Waals surface area contributed by atoms with Gasteiger partial charge in [0.2, 0.25) is 0 Å². The predicted molar refractivity (Wildman–Crippen MR) is 101 cm³/mol. The Morgan fingerprint density at radius 2 is 0.720 bits per heavy atom. The van der Waals surface area contributed by atoms with E-state index in [0.717, 1.165) is 19.6 Å². The second-order valence-corrected chi connectivity index (χ2v) is 12.8. The molecule has 25 heavy (non-hydrogen) atoms. The van der Waals surface area contributed by atoms with E-state index < -0.39 is 29.0 Å². The van der Waals surface area contributed by atoms with Crippen molar-refractivity contribution in [3.05, 3.63) is 0 Å². The molecule has 0 amide bonds. The van der Waals surface area contributed by atoms with E-state index in [0.29, 0.717) is 0 Å². The van der Waals surface area contributed by atoms with Crippen molar-refractivity contribution in [1.29, 1.82) is 0 Å². The van der Waals surface area contributed by atoms with Gasteiger partial charge in [-0.1, -0.05) is 0 Å². The van der Waals surface area contributed by atoms with E-state index in [1.807, 2.05) is 0 Å². The molecule has 0 aromatic carbocycles. The third-order valence-electron chi connectivity index (χ3n) is 3.34. The second kappa shape index (κ2) is 10.4. The van der Waals surface area contributed by atoms with Crippen molar-refractivity contribution in [2.75, 3.05) is 61.9 Å². The van der Waals surface area contributed by atoms with Crippen molar-refractivity contribution in [1.82, 2.24) is 14.7 Å². The summed E-state index contributed by atoms with van der Waals surface area (Å²) >= 11 is -3.20. The van der Waals surface area contributed by atoms with E-state index >= 15 is 0 Å². The predicted octanol–water partition coefficient (Wildman–Crippen LogP) is 2.42. The van der Waals surface area contributed by atoms with Crippen LogP contribution in [0.5, 0.6) is 0 Å². The fourth-order valence-corrected chi connectivity index (χ4v) is 8.00. The number of rotatable bonds is 12. The van der Waals surface area contributed by atoms with E-state index in [4.69, 9.17) is 6.15 Å². The van der Waals surface area contributed by atoms with Crippen molar-refractivity contribution >= 4 is 0 Å². The number of likely N-dealkylation sites (N-methyl/N-ethyl adjacent to an activating group) is 3. The number of hydrogen-bond donors (Lipinski definition) is 0. The van der Waals surface area contributed by atoms with E-state index in [9.17, 15) is 0 Å². The Morgan fingerprint density at radius 3 is 0.880 bits per heavy atom. The van der Waals surface area contributed by atoms with Gasteiger partial charge in [-0.15, -0.1) is 0 Å². The Labute approximate surface area is 169 Å². The monoisotopic (exact) mass is 437 g/mol. The molecule has 0 saturated carbocycles. The maximum atomic E-state index is 6.47. The maximum absolute atomic E-state index is 6.47. The molecule has 0 heterocycles. The van der Waals surface area contributed by atoms with E-state index in [1.165, 1.54) is 0 Å². The summed E-state index contributed by atoms with van der Waals surface area (Å²) in [5.41, 5.74) is -0.897. The molecule has 6 nitrogen and oxygen atoms in total. The van der Waals surface area contributed by atoms with Crippen LogP contribution in [0.3, 0.4) is 0 Å². The molecule has 0 atom stereocenters. The first-order valence-corrected chi connectivity index (χ1v) is 12.5. The van der Waals surface area contributed by atoms with Crippen LogP contribution in [0.1, 0.15) is 41.5 Å². The second-order valence-electron chi connectivity index (χ2n) is 9.63. The topological polar surface area (TPSA) is 37.4 Å². The van der Waals surface area contributed by atoms with Crippen molar-refractivity contribution < 1.29 is 35.1 Å². The van der Waals surface area contributed by atoms with Crippen LogP contribution in [0, 0.1) is 0 Å². The average Bonchev–Trinajstić information content (AvgIpc) is 2.18. The molecule has 0 aromatic rings. The van der Waals surface area contributed by atoms with Crippen LogP contribution < -0.4 is 0 Å². The van der Waals surface area contributed by atoms with Crippen molar-refractivity contribution in [2.45, 2.75) is 58.3 Å². The van der Waals surface area contributed by atoms with Gasteiger partial charge in [0.25, 0.3) is 0 Å². The third kappa shape index (κ3) is 13.6. The summed E-state index contributed by atoms with van der Waals surface area (Å²) in [6.45, 7) is 15.2. The molecule has 150 valence electrons. The fourth-order valence-electron chi connectivity index (χ4n) is 3.25. The van der Waals surface area contributed by atoms with Crippen LogP contribution in [0.15, 0.2) is 0 Å². The molecule has 7 heteroatoms. The molecule has 0 radical (unpaired) electrons. The Kier molecular flexibility index (Phi) is 10.8. The summed E-state index contributed by atoms with van der Waals surface area (Å²) in [6.07, 6.45) is 0. The summed E-state index contributed by atoms with van der Waals surface area (Å²) in [7, 11) is 12.4. The first-order valence-electron chi connectivity index (χ1n) is 9.01. The van der Waals surface area contributed by atoms with Gasteiger partial charge >= 0.3 is 170 Å². The summed E-state index contributed by atoms with van der Waals surface area (Å²) in [6, 6.07) is 0. The molecule has 0 aromatic heterocycles. The van der Waals surface area contributed by atoms with Crippen LogP contribution in [0.25, 0.3) is 0 Å². The SMILES string of the molecule is CN(C)CC(C)(C)[O][Y]([O]C(C)(C)CN(C)C)[O]C(C)(C)CN(C)C. The van der Waals surface area contributed by atoms with Gasteiger partial charge in [0.15, 0.2) is 0 Å². The minimum absolute atomic E-state index is 0.299. The van der Waals surface area contributed by atoms with Gasteiger partial charge in [-0.25, -0.2) is 0 Å². The molecule has 0 saturated heterocycles. The summed E-state index contributed by atoms with van der Waals surface area (Å²) in [5.74, 6) is 0. The van der Waals surface area contributed by atoms with E-state index in [-0.39, 0.29) is 16.8 Å². The quantitative estimate of drug-likeness (QED) is 0.467. The van der Waals surface area contributed by atoms with Gasteiger partial charge in [0, 0.05) is 0 Å². The van der Waals surface area contributed by atoms with Crippen molar-refractivity contribution in [2.24, 2.45) is 0 Å². The van der Waals surface area contributed by atoms with Gasteiger partial charge in [-0.05, 0) is 0 Å². The van der Waals surface area contributed by atoms with Crippen LogP contribution in [0.2, 0.25) is 0 Å². The van der Waals surface area contributed by atoms with Crippen molar-refractivity contribution in [3.8, 4) is 0 Å². The Morgan fingerprint density at radius 1 is 0.520 bits per heavy atom. The van der Waals surface area contributed by atoms with E-state index in [2.05, 4.69) is 98.5 Å². The van der Waals surface area contributed by atoms with E-state index in [1.54, 1.807) is 0 Å².